The van der Waals surface area contributed by atoms with E-state index in [9.17, 15) is 22.8 Å². The van der Waals surface area contributed by atoms with Crippen LogP contribution in [0.4, 0.5) is 18.0 Å². The average molecular weight is 373 g/mol. The normalized spacial score (nSPS) is 20.7. The Hall–Kier alpha value is -2.09. The molecule has 1 fully saturated rings. The SMILES string of the molecule is CC(C)(C)OC(=O)OC(=O)[C@]1(Cc2ccc(C(F)(F)F)cc2)CCCN1. The molecule has 1 saturated heterocycles. The number of halogens is 3. The molecule has 0 unspecified atom stereocenters. The van der Waals surface area contributed by atoms with Gasteiger partial charge in [-0.2, -0.15) is 13.2 Å². The second-order valence-corrected chi connectivity index (χ2v) is 7.34. The highest BCUT2D eigenvalue weighted by Crippen LogP contribution is 2.31. The largest absolute Gasteiger partial charge is 0.516 e. The summed E-state index contributed by atoms with van der Waals surface area (Å²) < 4.78 is 47.8. The Balaban J connectivity index is 2.12. The van der Waals surface area contributed by atoms with Gasteiger partial charge in [0, 0.05) is 6.42 Å². The van der Waals surface area contributed by atoms with E-state index in [-0.39, 0.29) is 6.42 Å². The molecule has 1 aliphatic rings. The Labute approximate surface area is 149 Å². The molecule has 1 aromatic rings. The number of hydrogen-bond acceptors (Lipinski definition) is 5. The van der Waals surface area contributed by atoms with Crippen LogP contribution in [0.5, 0.6) is 0 Å². The molecule has 1 aliphatic heterocycles. The molecule has 1 aromatic carbocycles. The maximum Gasteiger partial charge on any atom is 0.516 e. The number of alkyl halides is 3. The molecule has 144 valence electrons. The minimum atomic E-state index is -4.42. The lowest BCUT2D eigenvalue weighted by Gasteiger charge is -2.27. The van der Waals surface area contributed by atoms with Crippen molar-refractivity contribution in [3.05, 3.63) is 35.4 Å². The first kappa shape index (κ1) is 20.2. The van der Waals surface area contributed by atoms with Gasteiger partial charge in [0.1, 0.15) is 11.1 Å². The van der Waals surface area contributed by atoms with E-state index in [1.165, 1.54) is 12.1 Å². The average Bonchev–Trinajstić information content (AvgIpc) is 2.94. The fourth-order valence-corrected chi connectivity index (χ4v) is 2.81. The van der Waals surface area contributed by atoms with Crippen molar-refractivity contribution >= 4 is 12.1 Å². The smallest absolute Gasteiger partial charge is 0.428 e. The topological polar surface area (TPSA) is 64.6 Å². The summed E-state index contributed by atoms with van der Waals surface area (Å²) in [5.74, 6) is -0.788. The standard InChI is InChI=1S/C18H22F3NO4/c1-16(2,3)26-15(24)25-14(23)17(9-4-10-22-17)11-12-5-7-13(8-6-12)18(19,20)21/h5-8,22H,4,9-11H2,1-3H3/t17-/m1/s1. The van der Waals surface area contributed by atoms with Crippen molar-refractivity contribution in [1.82, 2.24) is 5.32 Å². The number of carbonyl (C=O) groups excluding carboxylic acids is 2. The molecular weight excluding hydrogens is 351 g/mol. The van der Waals surface area contributed by atoms with Crippen LogP contribution in [0.2, 0.25) is 0 Å². The number of nitrogens with one attached hydrogen (secondary N) is 1. The first-order valence-corrected chi connectivity index (χ1v) is 8.28. The Morgan fingerprint density at radius 2 is 1.77 bits per heavy atom. The van der Waals surface area contributed by atoms with Crippen molar-refractivity contribution in [3.63, 3.8) is 0 Å². The Kier molecular flexibility index (Phi) is 5.65. The maximum absolute atomic E-state index is 12.7. The lowest BCUT2D eigenvalue weighted by Crippen LogP contribution is -2.51. The highest BCUT2D eigenvalue weighted by molar-refractivity contribution is 5.89. The van der Waals surface area contributed by atoms with E-state index in [2.05, 4.69) is 5.32 Å². The van der Waals surface area contributed by atoms with Crippen LogP contribution in [-0.4, -0.2) is 29.8 Å². The Morgan fingerprint density at radius 1 is 1.15 bits per heavy atom. The molecule has 8 heteroatoms. The van der Waals surface area contributed by atoms with Crippen LogP contribution in [0, 0.1) is 0 Å². The van der Waals surface area contributed by atoms with Crippen LogP contribution in [0.3, 0.4) is 0 Å². The van der Waals surface area contributed by atoms with E-state index in [1.54, 1.807) is 20.8 Å². The van der Waals surface area contributed by atoms with Crippen LogP contribution in [0.1, 0.15) is 44.7 Å². The van der Waals surface area contributed by atoms with Crippen molar-refractivity contribution in [2.45, 2.75) is 57.3 Å². The summed E-state index contributed by atoms with van der Waals surface area (Å²) in [5, 5.41) is 3.03. The summed E-state index contributed by atoms with van der Waals surface area (Å²) >= 11 is 0. The van der Waals surface area contributed by atoms with Gasteiger partial charge in [-0.1, -0.05) is 12.1 Å². The van der Waals surface area contributed by atoms with Gasteiger partial charge < -0.3 is 14.8 Å². The van der Waals surface area contributed by atoms with Gasteiger partial charge in [-0.15, -0.1) is 0 Å². The summed E-state index contributed by atoms with van der Waals surface area (Å²) in [5.41, 5.74) is -2.18. The second kappa shape index (κ2) is 7.26. The molecule has 0 spiro atoms. The van der Waals surface area contributed by atoms with Crippen LogP contribution < -0.4 is 5.32 Å². The summed E-state index contributed by atoms with van der Waals surface area (Å²) in [6, 6.07) is 4.59. The Morgan fingerprint density at radius 3 is 2.23 bits per heavy atom. The first-order valence-electron chi connectivity index (χ1n) is 8.28. The van der Waals surface area contributed by atoms with Crippen molar-refractivity contribution in [1.29, 1.82) is 0 Å². The van der Waals surface area contributed by atoms with E-state index in [1.807, 2.05) is 0 Å². The van der Waals surface area contributed by atoms with Gasteiger partial charge in [-0.3, -0.25) is 0 Å². The molecule has 0 bridgehead atoms. The highest BCUT2D eigenvalue weighted by atomic mass is 19.4. The molecule has 0 aliphatic carbocycles. The number of hydrogen-bond donors (Lipinski definition) is 1. The molecule has 0 radical (unpaired) electrons. The minimum Gasteiger partial charge on any atom is -0.428 e. The van der Waals surface area contributed by atoms with Gasteiger partial charge in [-0.25, -0.2) is 9.59 Å². The van der Waals surface area contributed by atoms with Crippen LogP contribution in [0.15, 0.2) is 24.3 Å². The van der Waals surface area contributed by atoms with Gasteiger partial charge in [0.05, 0.1) is 5.56 Å². The molecule has 5 nitrogen and oxygen atoms in total. The summed E-state index contributed by atoms with van der Waals surface area (Å²) in [6.45, 7) is 5.48. The predicted molar refractivity (Wildman–Crippen MR) is 87.4 cm³/mol. The predicted octanol–water partition coefficient (Wildman–Crippen LogP) is 3.85. The van der Waals surface area contributed by atoms with E-state index in [4.69, 9.17) is 9.47 Å². The lowest BCUT2D eigenvalue weighted by atomic mass is 9.89. The van der Waals surface area contributed by atoms with Gasteiger partial charge in [0.2, 0.25) is 0 Å². The van der Waals surface area contributed by atoms with Crippen LogP contribution in [-0.2, 0) is 26.9 Å². The zero-order chi connectivity index (χ0) is 19.6. The van der Waals surface area contributed by atoms with Gasteiger partial charge in [-0.05, 0) is 57.9 Å². The van der Waals surface area contributed by atoms with Crippen molar-refractivity contribution in [3.8, 4) is 0 Å². The molecule has 2 rings (SSSR count). The fourth-order valence-electron chi connectivity index (χ4n) is 2.81. The van der Waals surface area contributed by atoms with Crippen molar-refractivity contribution < 1.29 is 32.2 Å². The van der Waals surface area contributed by atoms with Crippen molar-refractivity contribution in [2.24, 2.45) is 0 Å². The number of esters is 1. The van der Waals surface area contributed by atoms with Gasteiger partial charge in [0.25, 0.3) is 0 Å². The zero-order valence-corrected chi connectivity index (χ0v) is 14.9. The quantitative estimate of drug-likeness (QED) is 0.644. The molecular formula is C18H22F3NO4. The van der Waals surface area contributed by atoms with Crippen molar-refractivity contribution in [2.75, 3.05) is 6.54 Å². The zero-order valence-electron chi connectivity index (χ0n) is 14.9. The van der Waals surface area contributed by atoms with E-state index in [0.29, 0.717) is 24.9 Å². The number of carbonyl (C=O) groups is 2. The summed E-state index contributed by atoms with van der Waals surface area (Å²) in [4.78, 5) is 24.3. The molecule has 1 N–H and O–H groups in total. The number of benzene rings is 1. The first-order chi connectivity index (χ1) is 11.9. The molecule has 0 amide bonds. The molecule has 1 heterocycles. The minimum absolute atomic E-state index is 0.118. The summed E-state index contributed by atoms with van der Waals surface area (Å²) in [6.07, 6.45) is -4.30. The lowest BCUT2D eigenvalue weighted by molar-refractivity contribution is -0.148. The molecule has 1 atom stereocenters. The third kappa shape index (κ3) is 5.20. The molecule has 26 heavy (non-hydrogen) atoms. The highest BCUT2D eigenvalue weighted by Gasteiger charge is 2.44. The van der Waals surface area contributed by atoms with Gasteiger partial charge in [0.15, 0.2) is 0 Å². The monoisotopic (exact) mass is 373 g/mol. The second-order valence-electron chi connectivity index (χ2n) is 7.34. The maximum atomic E-state index is 12.7. The van der Waals surface area contributed by atoms with Crippen LogP contribution in [0.25, 0.3) is 0 Å². The number of rotatable bonds is 3. The fraction of sp³-hybridized carbons (Fsp3) is 0.556. The van der Waals surface area contributed by atoms with E-state index in [0.717, 1.165) is 12.1 Å². The third-order valence-electron chi connectivity index (χ3n) is 3.99. The molecule has 0 saturated carbocycles. The van der Waals surface area contributed by atoms with E-state index < -0.39 is 35.0 Å². The van der Waals surface area contributed by atoms with E-state index >= 15 is 0 Å². The summed E-state index contributed by atoms with van der Waals surface area (Å²) in [7, 11) is 0. The van der Waals surface area contributed by atoms with Gasteiger partial charge >= 0.3 is 18.3 Å². The number of ether oxygens (including phenoxy) is 2. The Bertz CT molecular complexity index is 656. The van der Waals surface area contributed by atoms with Crippen LogP contribution >= 0.6 is 0 Å². The third-order valence-corrected chi connectivity index (χ3v) is 3.99. The molecule has 0 aromatic heterocycles.